The maximum atomic E-state index is 10.6. The molecule has 15 heavy (non-hydrogen) atoms. The second-order valence-corrected chi connectivity index (χ2v) is 4.06. The highest BCUT2D eigenvalue weighted by molar-refractivity contribution is 5.83. The Morgan fingerprint density at radius 2 is 2.20 bits per heavy atom. The molecule has 0 unspecified atom stereocenters. The molecule has 0 aliphatic rings. The van der Waals surface area contributed by atoms with Gasteiger partial charge in [0.15, 0.2) is 0 Å². The van der Waals surface area contributed by atoms with Crippen LogP contribution in [0.3, 0.4) is 0 Å². The van der Waals surface area contributed by atoms with Crippen LogP contribution in [0.2, 0.25) is 0 Å². The van der Waals surface area contributed by atoms with Crippen LogP contribution in [0.1, 0.15) is 12.5 Å². The minimum Gasteiger partial charge on any atom is -0.361 e. The second-order valence-electron chi connectivity index (χ2n) is 4.06. The molecule has 0 spiro atoms. The van der Waals surface area contributed by atoms with Gasteiger partial charge in [-0.25, -0.2) is 0 Å². The Bertz CT molecular complexity index is 485. The van der Waals surface area contributed by atoms with Gasteiger partial charge in [0.2, 0.25) is 6.29 Å². The first-order valence-electron chi connectivity index (χ1n) is 4.85. The molecule has 0 saturated heterocycles. The minimum absolute atomic E-state index is 0.501. The fraction of sp³-hybridized carbons (Fsp3) is 0.250. The van der Waals surface area contributed by atoms with Crippen LogP contribution in [0.4, 0.5) is 0 Å². The van der Waals surface area contributed by atoms with Crippen molar-refractivity contribution in [2.24, 2.45) is 5.73 Å². The number of hydrogen-bond acceptors (Lipinski definition) is 2. The third kappa shape index (κ3) is 1.92. The molecule has 77 valence electrons. The van der Waals surface area contributed by atoms with Crippen molar-refractivity contribution >= 4 is 17.2 Å². The Morgan fingerprint density at radius 3 is 2.93 bits per heavy atom. The van der Waals surface area contributed by atoms with Crippen molar-refractivity contribution in [3.63, 3.8) is 0 Å². The quantitative estimate of drug-likeness (QED) is 0.791. The first kappa shape index (κ1) is 9.93. The first-order valence-corrected chi connectivity index (χ1v) is 4.85. The molecule has 0 aliphatic carbocycles. The van der Waals surface area contributed by atoms with Crippen LogP contribution in [0.15, 0.2) is 30.5 Å². The summed E-state index contributed by atoms with van der Waals surface area (Å²) in [6.45, 7) is 1.68. The van der Waals surface area contributed by atoms with Gasteiger partial charge < -0.3 is 10.7 Å². The average Bonchev–Trinajstić information content (AvgIpc) is 2.62. The maximum Gasteiger partial charge on any atom is 0.220 e. The molecule has 0 saturated carbocycles. The summed E-state index contributed by atoms with van der Waals surface area (Å²) in [5.41, 5.74) is 6.97. The number of benzene rings is 1. The lowest BCUT2D eigenvalue weighted by Gasteiger charge is -2.14. The van der Waals surface area contributed by atoms with Crippen LogP contribution in [-0.2, 0) is 11.2 Å². The summed E-state index contributed by atoms with van der Waals surface area (Å²) in [7, 11) is 0. The van der Waals surface area contributed by atoms with E-state index in [-0.39, 0.29) is 0 Å². The van der Waals surface area contributed by atoms with Crippen molar-refractivity contribution < 1.29 is 4.79 Å². The van der Waals surface area contributed by atoms with Gasteiger partial charge in [-0.1, -0.05) is 18.2 Å². The Balaban J connectivity index is 2.41. The van der Waals surface area contributed by atoms with Crippen LogP contribution in [0.5, 0.6) is 0 Å². The molecular formula is C12H13N2O. The molecule has 1 heterocycles. The Labute approximate surface area is 88.3 Å². The predicted octanol–water partition coefficient (Wildman–Crippen LogP) is 1.54. The lowest BCUT2D eigenvalue weighted by molar-refractivity contribution is 0.499. The summed E-state index contributed by atoms with van der Waals surface area (Å²) >= 11 is 0. The zero-order chi connectivity index (χ0) is 10.9. The van der Waals surface area contributed by atoms with E-state index in [4.69, 9.17) is 5.73 Å². The molecule has 1 atom stereocenters. The molecule has 1 aromatic carbocycles. The Hall–Kier alpha value is -1.61. The van der Waals surface area contributed by atoms with Gasteiger partial charge in [-0.2, -0.15) is 0 Å². The van der Waals surface area contributed by atoms with Gasteiger partial charge in [-0.05, 0) is 25.0 Å². The van der Waals surface area contributed by atoms with E-state index in [2.05, 4.69) is 4.98 Å². The van der Waals surface area contributed by atoms with Gasteiger partial charge in [-0.3, -0.25) is 4.79 Å². The summed E-state index contributed by atoms with van der Waals surface area (Å²) in [6, 6.07) is 7.95. The highest BCUT2D eigenvalue weighted by atomic mass is 16.1. The monoisotopic (exact) mass is 201 g/mol. The van der Waals surface area contributed by atoms with Gasteiger partial charge in [0, 0.05) is 17.1 Å². The molecule has 1 aromatic heterocycles. The number of nitrogens with one attached hydrogen (secondary N) is 1. The highest BCUT2D eigenvalue weighted by Gasteiger charge is 2.20. The van der Waals surface area contributed by atoms with Crippen LogP contribution in [0.25, 0.3) is 10.9 Å². The summed E-state index contributed by atoms with van der Waals surface area (Å²) in [5.74, 6) is 0. The number of H-pyrrole nitrogens is 1. The average molecular weight is 201 g/mol. The highest BCUT2D eigenvalue weighted by Crippen LogP contribution is 2.20. The molecule has 3 heteroatoms. The van der Waals surface area contributed by atoms with E-state index in [1.54, 1.807) is 6.92 Å². The molecule has 3 N–H and O–H groups in total. The van der Waals surface area contributed by atoms with E-state index < -0.39 is 5.54 Å². The molecule has 3 nitrogen and oxygen atoms in total. The number of carbonyl (C=O) groups excluding carboxylic acids is 1. The third-order valence-corrected chi connectivity index (χ3v) is 2.47. The zero-order valence-electron chi connectivity index (χ0n) is 8.58. The number of aromatic nitrogens is 1. The van der Waals surface area contributed by atoms with E-state index in [0.717, 1.165) is 16.5 Å². The van der Waals surface area contributed by atoms with Gasteiger partial charge >= 0.3 is 0 Å². The number of aromatic amines is 1. The Morgan fingerprint density at radius 1 is 1.47 bits per heavy atom. The van der Waals surface area contributed by atoms with Crippen LogP contribution in [-0.4, -0.2) is 16.8 Å². The molecule has 0 fully saturated rings. The fourth-order valence-electron chi connectivity index (χ4n) is 1.71. The minimum atomic E-state index is -0.912. The molecule has 1 radical (unpaired) electrons. The number of nitrogens with two attached hydrogens (primary N) is 1. The fourth-order valence-corrected chi connectivity index (χ4v) is 1.71. The van der Waals surface area contributed by atoms with E-state index >= 15 is 0 Å². The summed E-state index contributed by atoms with van der Waals surface area (Å²) in [5, 5.41) is 1.12. The molecule has 0 amide bonds. The van der Waals surface area contributed by atoms with E-state index in [9.17, 15) is 4.79 Å². The lowest BCUT2D eigenvalue weighted by atomic mass is 9.95. The van der Waals surface area contributed by atoms with Crippen molar-refractivity contribution in [1.82, 2.24) is 4.98 Å². The van der Waals surface area contributed by atoms with Crippen molar-refractivity contribution in [3.05, 3.63) is 36.0 Å². The molecule has 2 rings (SSSR count). The molecule has 0 aliphatic heterocycles. The van der Waals surface area contributed by atoms with Crippen LogP contribution >= 0.6 is 0 Å². The lowest BCUT2D eigenvalue weighted by Crippen LogP contribution is -2.40. The van der Waals surface area contributed by atoms with Crippen molar-refractivity contribution in [1.29, 1.82) is 0 Å². The van der Waals surface area contributed by atoms with Gasteiger partial charge in [0.1, 0.15) is 0 Å². The summed E-state index contributed by atoms with van der Waals surface area (Å²) in [4.78, 5) is 13.8. The standard InChI is InChI=1S/C12H13N2O/c1-12(13,8-15)6-9-7-14-11-5-3-2-4-10(9)11/h2-5,7,14H,6,13H2,1H3/t12-/m1/s1. The predicted molar refractivity (Wildman–Crippen MR) is 60.3 cm³/mol. The third-order valence-electron chi connectivity index (χ3n) is 2.47. The first-order chi connectivity index (χ1) is 7.12. The molecule has 2 aromatic rings. The summed E-state index contributed by atoms with van der Waals surface area (Å²) in [6.07, 6.45) is 4.25. The normalized spacial score (nSPS) is 15.1. The zero-order valence-corrected chi connectivity index (χ0v) is 8.58. The molecule has 0 bridgehead atoms. The Kier molecular flexibility index (Phi) is 2.32. The SMILES string of the molecule is C[C@](N)([C]=O)Cc1c[nH]c2ccccc12. The largest absolute Gasteiger partial charge is 0.361 e. The van der Waals surface area contributed by atoms with Gasteiger partial charge in [-0.15, -0.1) is 0 Å². The molecular weight excluding hydrogens is 188 g/mol. The second kappa shape index (κ2) is 3.51. The summed E-state index contributed by atoms with van der Waals surface area (Å²) < 4.78 is 0. The van der Waals surface area contributed by atoms with Crippen molar-refractivity contribution in [3.8, 4) is 0 Å². The van der Waals surface area contributed by atoms with E-state index in [1.807, 2.05) is 36.7 Å². The van der Waals surface area contributed by atoms with Crippen molar-refractivity contribution in [2.75, 3.05) is 0 Å². The van der Waals surface area contributed by atoms with Crippen LogP contribution < -0.4 is 5.73 Å². The smallest absolute Gasteiger partial charge is 0.220 e. The maximum absolute atomic E-state index is 10.6. The van der Waals surface area contributed by atoms with E-state index in [1.165, 1.54) is 0 Å². The number of hydrogen-bond donors (Lipinski definition) is 2. The topological polar surface area (TPSA) is 58.9 Å². The van der Waals surface area contributed by atoms with Crippen LogP contribution in [0, 0.1) is 0 Å². The van der Waals surface area contributed by atoms with Crippen molar-refractivity contribution in [2.45, 2.75) is 18.9 Å². The van der Waals surface area contributed by atoms with Gasteiger partial charge in [0.25, 0.3) is 0 Å². The number of fused-ring (bicyclic) bond motifs is 1. The van der Waals surface area contributed by atoms with E-state index in [0.29, 0.717) is 6.42 Å². The van der Waals surface area contributed by atoms with Gasteiger partial charge in [0.05, 0.1) is 5.54 Å². The number of rotatable bonds is 3. The number of para-hydroxylation sites is 1.